The van der Waals surface area contributed by atoms with Crippen LogP contribution in [0.15, 0.2) is 12.3 Å². The maximum Gasteiger partial charge on any atom is 0.144 e. The Balaban J connectivity index is 2.56. The molecule has 1 aromatic heterocycles. The molecule has 3 N–H and O–H groups in total. The number of nitrogens with zero attached hydrogens (tertiary/aromatic N) is 1. The zero-order chi connectivity index (χ0) is 9.68. The molecular formula is C9H14ClN3. The van der Waals surface area contributed by atoms with Gasteiger partial charge in [0.1, 0.15) is 5.82 Å². The highest BCUT2D eigenvalue weighted by Crippen LogP contribution is 2.20. The first-order chi connectivity index (χ1) is 6.24. The Bertz CT molecular complexity index is 276. The Morgan fingerprint density at radius 3 is 3.00 bits per heavy atom. The fourth-order valence-corrected chi connectivity index (χ4v) is 1.21. The maximum absolute atomic E-state index is 5.90. The molecule has 4 heteroatoms. The molecule has 0 bridgehead atoms. The summed E-state index contributed by atoms with van der Waals surface area (Å²) in [4.78, 5) is 4.08. The van der Waals surface area contributed by atoms with Gasteiger partial charge in [-0.1, -0.05) is 24.9 Å². The Hall–Kier alpha value is -0.960. The SMILES string of the molecule is CCCCNc1ncc(N)cc1Cl. The first-order valence-corrected chi connectivity index (χ1v) is 4.76. The minimum absolute atomic E-state index is 0.580. The highest BCUT2D eigenvalue weighted by atomic mass is 35.5. The topological polar surface area (TPSA) is 50.9 Å². The molecule has 1 heterocycles. The number of halogens is 1. The smallest absolute Gasteiger partial charge is 0.144 e. The van der Waals surface area contributed by atoms with Crippen molar-refractivity contribution in [3.05, 3.63) is 17.3 Å². The molecule has 0 saturated heterocycles. The lowest BCUT2D eigenvalue weighted by molar-refractivity contribution is 0.831. The largest absolute Gasteiger partial charge is 0.397 e. The average Bonchev–Trinajstić information content (AvgIpc) is 2.09. The Kier molecular flexibility index (Phi) is 3.83. The normalized spacial score (nSPS) is 10.0. The zero-order valence-corrected chi connectivity index (χ0v) is 8.43. The van der Waals surface area contributed by atoms with Crippen molar-refractivity contribution in [1.29, 1.82) is 0 Å². The predicted octanol–water partition coefficient (Wildman–Crippen LogP) is 2.53. The van der Waals surface area contributed by atoms with Gasteiger partial charge in [0.15, 0.2) is 0 Å². The predicted molar refractivity (Wildman–Crippen MR) is 57.1 cm³/mol. The van der Waals surface area contributed by atoms with E-state index in [0.29, 0.717) is 16.5 Å². The van der Waals surface area contributed by atoms with Gasteiger partial charge < -0.3 is 11.1 Å². The molecule has 0 atom stereocenters. The standard InChI is InChI=1S/C9H14ClN3/c1-2-3-4-12-9-8(10)5-7(11)6-13-9/h5-6H,2-4,11H2,1H3,(H,12,13). The van der Waals surface area contributed by atoms with E-state index in [1.54, 1.807) is 12.3 Å². The number of nitrogens with one attached hydrogen (secondary N) is 1. The van der Waals surface area contributed by atoms with Crippen molar-refractivity contribution in [3.63, 3.8) is 0 Å². The highest BCUT2D eigenvalue weighted by molar-refractivity contribution is 6.33. The van der Waals surface area contributed by atoms with Gasteiger partial charge in [0.05, 0.1) is 16.9 Å². The molecule has 0 amide bonds. The third kappa shape index (κ3) is 3.11. The van der Waals surface area contributed by atoms with Crippen LogP contribution in [-0.2, 0) is 0 Å². The van der Waals surface area contributed by atoms with Crippen LogP contribution in [0.4, 0.5) is 11.5 Å². The van der Waals surface area contributed by atoms with E-state index in [4.69, 9.17) is 17.3 Å². The van der Waals surface area contributed by atoms with Crippen molar-refractivity contribution < 1.29 is 0 Å². The number of rotatable bonds is 4. The van der Waals surface area contributed by atoms with Crippen molar-refractivity contribution in [2.45, 2.75) is 19.8 Å². The fraction of sp³-hybridized carbons (Fsp3) is 0.444. The van der Waals surface area contributed by atoms with E-state index in [0.717, 1.165) is 19.4 Å². The number of nitrogens with two attached hydrogens (primary N) is 1. The van der Waals surface area contributed by atoms with Crippen molar-refractivity contribution in [1.82, 2.24) is 4.98 Å². The van der Waals surface area contributed by atoms with Crippen molar-refractivity contribution in [2.75, 3.05) is 17.6 Å². The summed E-state index contributed by atoms with van der Waals surface area (Å²) in [6.45, 7) is 3.03. The lowest BCUT2D eigenvalue weighted by Gasteiger charge is -2.06. The third-order valence-corrected chi connectivity index (χ3v) is 1.97. The summed E-state index contributed by atoms with van der Waals surface area (Å²) < 4.78 is 0. The van der Waals surface area contributed by atoms with Crippen LogP contribution in [-0.4, -0.2) is 11.5 Å². The van der Waals surface area contributed by atoms with Crippen LogP contribution in [0.2, 0.25) is 5.02 Å². The maximum atomic E-state index is 5.90. The quantitative estimate of drug-likeness (QED) is 0.733. The minimum atomic E-state index is 0.580. The monoisotopic (exact) mass is 199 g/mol. The Labute approximate surface area is 83.3 Å². The molecule has 0 radical (unpaired) electrons. The molecule has 72 valence electrons. The van der Waals surface area contributed by atoms with Crippen molar-refractivity contribution >= 4 is 23.1 Å². The van der Waals surface area contributed by atoms with Gasteiger partial charge in [-0.3, -0.25) is 0 Å². The van der Waals surface area contributed by atoms with Gasteiger partial charge in [-0.25, -0.2) is 4.98 Å². The first kappa shape index (κ1) is 10.1. The molecule has 1 rings (SSSR count). The van der Waals surface area contributed by atoms with E-state index in [1.165, 1.54) is 0 Å². The molecule has 0 spiro atoms. The first-order valence-electron chi connectivity index (χ1n) is 4.39. The number of unbranched alkanes of at least 4 members (excludes halogenated alkanes) is 1. The summed E-state index contributed by atoms with van der Waals surface area (Å²) in [6, 6.07) is 1.70. The summed E-state index contributed by atoms with van der Waals surface area (Å²) >= 11 is 5.90. The van der Waals surface area contributed by atoms with Crippen LogP contribution in [0, 0.1) is 0 Å². The molecule has 1 aromatic rings. The number of pyridine rings is 1. The number of hydrogen-bond acceptors (Lipinski definition) is 3. The van der Waals surface area contributed by atoms with Gasteiger partial charge in [-0.2, -0.15) is 0 Å². The number of nitrogen functional groups attached to an aromatic ring is 1. The average molecular weight is 200 g/mol. The van der Waals surface area contributed by atoms with E-state index >= 15 is 0 Å². The lowest BCUT2D eigenvalue weighted by Crippen LogP contribution is -2.03. The van der Waals surface area contributed by atoms with Crippen molar-refractivity contribution in [2.24, 2.45) is 0 Å². The molecule has 13 heavy (non-hydrogen) atoms. The van der Waals surface area contributed by atoms with Crippen LogP contribution >= 0.6 is 11.6 Å². The minimum Gasteiger partial charge on any atom is -0.397 e. The van der Waals surface area contributed by atoms with Crippen LogP contribution in [0.5, 0.6) is 0 Å². The zero-order valence-electron chi connectivity index (χ0n) is 7.68. The summed E-state index contributed by atoms with van der Waals surface area (Å²) in [5.41, 5.74) is 6.10. The summed E-state index contributed by atoms with van der Waals surface area (Å²) in [7, 11) is 0. The third-order valence-electron chi connectivity index (χ3n) is 1.69. The second kappa shape index (κ2) is 4.92. The molecule has 0 aliphatic carbocycles. The number of hydrogen-bond donors (Lipinski definition) is 2. The van der Waals surface area contributed by atoms with Crippen LogP contribution in [0.25, 0.3) is 0 Å². The van der Waals surface area contributed by atoms with Gasteiger partial charge in [-0.15, -0.1) is 0 Å². The number of anilines is 2. The second-order valence-electron chi connectivity index (χ2n) is 2.88. The van der Waals surface area contributed by atoms with Crippen LogP contribution in [0.3, 0.4) is 0 Å². The van der Waals surface area contributed by atoms with Crippen molar-refractivity contribution in [3.8, 4) is 0 Å². The van der Waals surface area contributed by atoms with E-state index in [-0.39, 0.29) is 0 Å². The van der Waals surface area contributed by atoms with Gasteiger partial charge in [0.2, 0.25) is 0 Å². The molecule has 0 aromatic carbocycles. The molecule has 0 saturated carbocycles. The van der Waals surface area contributed by atoms with Gasteiger partial charge in [-0.05, 0) is 12.5 Å². The van der Waals surface area contributed by atoms with Gasteiger partial charge in [0, 0.05) is 6.54 Å². The molecule has 3 nitrogen and oxygen atoms in total. The van der Waals surface area contributed by atoms with E-state index in [2.05, 4.69) is 17.2 Å². The van der Waals surface area contributed by atoms with Crippen LogP contribution in [0.1, 0.15) is 19.8 Å². The number of aromatic nitrogens is 1. The second-order valence-corrected chi connectivity index (χ2v) is 3.29. The van der Waals surface area contributed by atoms with E-state index in [9.17, 15) is 0 Å². The summed E-state index contributed by atoms with van der Waals surface area (Å²) in [5, 5.41) is 3.72. The van der Waals surface area contributed by atoms with Gasteiger partial charge >= 0.3 is 0 Å². The molecule has 0 fully saturated rings. The summed E-state index contributed by atoms with van der Waals surface area (Å²) in [6.07, 6.45) is 3.86. The van der Waals surface area contributed by atoms with E-state index < -0.39 is 0 Å². The Morgan fingerprint density at radius 2 is 2.38 bits per heavy atom. The van der Waals surface area contributed by atoms with Gasteiger partial charge in [0.25, 0.3) is 0 Å². The molecular weight excluding hydrogens is 186 g/mol. The molecule has 0 aliphatic heterocycles. The summed E-state index contributed by atoms with van der Waals surface area (Å²) in [5.74, 6) is 0.712. The molecule has 0 aliphatic rings. The van der Waals surface area contributed by atoms with E-state index in [1.807, 2.05) is 0 Å². The lowest BCUT2D eigenvalue weighted by atomic mass is 10.3. The Morgan fingerprint density at radius 1 is 1.62 bits per heavy atom. The van der Waals surface area contributed by atoms with Crippen LogP contribution < -0.4 is 11.1 Å². The highest BCUT2D eigenvalue weighted by Gasteiger charge is 2.00. The molecule has 0 unspecified atom stereocenters. The fourth-order valence-electron chi connectivity index (χ4n) is 0.966.